The van der Waals surface area contributed by atoms with Gasteiger partial charge in [0.2, 0.25) is 0 Å². The molecule has 0 saturated carbocycles. The standard InChI is InChI=1S/C16H19IN2O4/c1-18-10-4-6-13(18)15(16(20)23-2)12(8-10)11-5-3-9(17)7-14(11)19(21)22/h3,5,7,10,12-13,15H,4,6,8H2,1-2H3/t10-,12+,13+,15-/m0/s1. The number of fused-ring (bicyclic) bond motifs is 2. The van der Waals surface area contributed by atoms with Gasteiger partial charge < -0.3 is 4.74 Å². The predicted octanol–water partition coefficient (Wildman–Crippen LogP) is 2.94. The Bertz CT molecular complexity index is 651. The highest BCUT2D eigenvalue weighted by Gasteiger charge is 2.50. The van der Waals surface area contributed by atoms with E-state index in [-0.39, 0.29) is 34.5 Å². The van der Waals surface area contributed by atoms with Crippen LogP contribution in [0, 0.1) is 19.6 Å². The van der Waals surface area contributed by atoms with Gasteiger partial charge in [-0.3, -0.25) is 19.8 Å². The molecule has 0 N–H and O–H groups in total. The molecule has 0 spiro atoms. The second kappa shape index (κ2) is 6.35. The molecule has 1 aromatic carbocycles. The van der Waals surface area contributed by atoms with E-state index in [1.54, 1.807) is 6.07 Å². The largest absolute Gasteiger partial charge is 0.469 e. The Morgan fingerprint density at radius 1 is 1.43 bits per heavy atom. The van der Waals surface area contributed by atoms with Gasteiger partial charge in [0.15, 0.2) is 0 Å². The van der Waals surface area contributed by atoms with Gasteiger partial charge in [-0.1, -0.05) is 6.07 Å². The van der Waals surface area contributed by atoms with E-state index in [1.807, 2.05) is 19.2 Å². The van der Waals surface area contributed by atoms with Crippen molar-refractivity contribution in [2.45, 2.75) is 37.3 Å². The Morgan fingerprint density at radius 3 is 2.83 bits per heavy atom. The summed E-state index contributed by atoms with van der Waals surface area (Å²) in [5.74, 6) is -0.767. The number of methoxy groups -OCH3 is 1. The van der Waals surface area contributed by atoms with Crippen LogP contribution in [-0.4, -0.2) is 42.0 Å². The fourth-order valence-corrected chi connectivity index (χ4v) is 4.71. The summed E-state index contributed by atoms with van der Waals surface area (Å²) < 4.78 is 5.85. The first kappa shape index (κ1) is 16.6. The molecule has 2 aliphatic rings. The van der Waals surface area contributed by atoms with E-state index in [4.69, 9.17) is 4.74 Å². The van der Waals surface area contributed by atoms with Crippen molar-refractivity contribution in [1.82, 2.24) is 4.90 Å². The molecule has 0 radical (unpaired) electrons. The van der Waals surface area contributed by atoms with Gasteiger partial charge in [0.05, 0.1) is 18.0 Å². The number of carbonyl (C=O) groups excluding carboxylic acids is 1. The lowest BCUT2D eigenvalue weighted by molar-refractivity contribution is -0.385. The van der Waals surface area contributed by atoms with Crippen LogP contribution in [0.15, 0.2) is 18.2 Å². The number of benzene rings is 1. The highest BCUT2D eigenvalue weighted by Crippen LogP contribution is 2.48. The van der Waals surface area contributed by atoms with E-state index in [0.717, 1.165) is 22.8 Å². The molecule has 0 aliphatic carbocycles. The molecule has 0 amide bonds. The molecular weight excluding hydrogens is 411 g/mol. The van der Waals surface area contributed by atoms with Gasteiger partial charge in [-0.2, -0.15) is 0 Å². The summed E-state index contributed by atoms with van der Waals surface area (Å²) in [6.45, 7) is 0. The molecule has 2 saturated heterocycles. The number of halogens is 1. The van der Waals surface area contributed by atoms with Crippen molar-refractivity contribution in [3.05, 3.63) is 37.4 Å². The Kier molecular flexibility index (Phi) is 4.59. The van der Waals surface area contributed by atoms with Gasteiger partial charge in [0, 0.05) is 33.2 Å². The van der Waals surface area contributed by atoms with Gasteiger partial charge in [-0.05, 0) is 55.0 Å². The molecule has 23 heavy (non-hydrogen) atoms. The average Bonchev–Trinajstić information content (AvgIpc) is 2.76. The van der Waals surface area contributed by atoms with E-state index in [9.17, 15) is 14.9 Å². The molecule has 1 aromatic rings. The lowest BCUT2D eigenvalue weighted by Gasteiger charge is -2.41. The first-order valence-corrected chi connectivity index (χ1v) is 8.75. The molecule has 124 valence electrons. The average molecular weight is 430 g/mol. The molecule has 2 fully saturated rings. The number of hydrogen-bond acceptors (Lipinski definition) is 5. The van der Waals surface area contributed by atoms with Crippen molar-refractivity contribution >= 4 is 34.2 Å². The second-order valence-corrected chi connectivity index (χ2v) is 7.56. The topological polar surface area (TPSA) is 72.7 Å². The molecule has 6 nitrogen and oxygen atoms in total. The van der Waals surface area contributed by atoms with Gasteiger partial charge in [-0.25, -0.2) is 0 Å². The maximum Gasteiger partial charge on any atom is 0.310 e. The normalized spacial score (nSPS) is 30.2. The van der Waals surface area contributed by atoms with Crippen molar-refractivity contribution < 1.29 is 14.5 Å². The lowest BCUT2D eigenvalue weighted by atomic mass is 9.75. The zero-order valence-corrected chi connectivity index (χ0v) is 15.2. The van der Waals surface area contributed by atoms with Crippen LogP contribution in [0.4, 0.5) is 5.69 Å². The van der Waals surface area contributed by atoms with Gasteiger partial charge in [0.1, 0.15) is 0 Å². The van der Waals surface area contributed by atoms with E-state index < -0.39 is 0 Å². The fraction of sp³-hybridized carbons (Fsp3) is 0.562. The van der Waals surface area contributed by atoms with Crippen LogP contribution in [0.2, 0.25) is 0 Å². The quantitative estimate of drug-likeness (QED) is 0.319. The zero-order valence-electron chi connectivity index (χ0n) is 13.1. The van der Waals surface area contributed by atoms with Crippen LogP contribution < -0.4 is 0 Å². The summed E-state index contributed by atoms with van der Waals surface area (Å²) >= 11 is 2.07. The summed E-state index contributed by atoms with van der Waals surface area (Å²) in [6, 6.07) is 5.75. The van der Waals surface area contributed by atoms with E-state index >= 15 is 0 Å². The molecule has 0 aromatic heterocycles. The van der Waals surface area contributed by atoms with Crippen LogP contribution in [0.1, 0.15) is 30.7 Å². The number of nitro groups is 1. The summed E-state index contributed by atoms with van der Waals surface area (Å²) in [5, 5.41) is 11.5. The van der Waals surface area contributed by atoms with Crippen molar-refractivity contribution in [1.29, 1.82) is 0 Å². The van der Waals surface area contributed by atoms with Crippen LogP contribution >= 0.6 is 22.6 Å². The van der Waals surface area contributed by atoms with E-state index in [0.29, 0.717) is 11.6 Å². The highest BCUT2D eigenvalue weighted by atomic mass is 127. The number of piperidine rings is 1. The number of rotatable bonds is 3. The summed E-state index contributed by atoms with van der Waals surface area (Å²) in [5.41, 5.74) is 0.774. The Hall–Kier alpha value is -1.22. The molecule has 7 heteroatoms. The number of ether oxygens (including phenoxy) is 1. The number of nitrogens with zero attached hydrogens (tertiary/aromatic N) is 2. The fourth-order valence-electron chi connectivity index (χ4n) is 4.23. The molecule has 2 bridgehead atoms. The third-order valence-corrected chi connectivity index (χ3v) is 6.00. The minimum absolute atomic E-state index is 0.102. The highest BCUT2D eigenvalue weighted by molar-refractivity contribution is 14.1. The van der Waals surface area contributed by atoms with Gasteiger partial charge in [-0.15, -0.1) is 0 Å². The van der Waals surface area contributed by atoms with Crippen molar-refractivity contribution in [3.8, 4) is 0 Å². The third kappa shape index (κ3) is 2.84. The van der Waals surface area contributed by atoms with Crippen LogP contribution in [0.5, 0.6) is 0 Å². The van der Waals surface area contributed by atoms with Gasteiger partial charge >= 0.3 is 5.97 Å². The van der Waals surface area contributed by atoms with Gasteiger partial charge in [0.25, 0.3) is 5.69 Å². The maximum atomic E-state index is 12.4. The molecule has 4 atom stereocenters. The minimum Gasteiger partial charge on any atom is -0.469 e. The second-order valence-electron chi connectivity index (χ2n) is 6.32. The summed E-state index contributed by atoms with van der Waals surface area (Å²) in [4.78, 5) is 25.8. The van der Waals surface area contributed by atoms with E-state index in [1.165, 1.54) is 7.11 Å². The number of hydrogen-bond donors (Lipinski definition) is 0. The van der Waals surface area contributed by atoms with E-state index in [2.05, 4.69) is 27.5 Å². The van der Waals surface area contributed by atoms with Crippen molar-refractivity contribution in [2.75, 3.05) is 14.2 Å². The Labute approximate surface area is 148 Å². The lowest BCUT2D eigenvalue weighted by Crippen LogP contribution is -2.49. The number of nitro benzene ring substituents is 1. The number of carbonyl (C=O) groups is 1. The molecular formula is C16H19IN2O4. The Balaban J connectivity index is 2.07. The first-order chi connectivity index (χ1) is 10.9. The summed E-state index contributed by atoms with van der Waals surface area (Å²) in [6.07, 6.45) is 2.73. The van der Waals surface area contributed by atoms with Crippen LogP contribution in [0.25, 0.3) is 0 Å². The van der Waals surface area contributed by atoms with Crippen molar-refractivity contribution in [2.24, 2.45) is 5.92 Å². The predicted molar refractivity (Wildman–Crippen MR) is 93.3 cm³/mol. The first-order valence-electron chi connectivity index (χ1n) is 7.67. The minimum atomic E-state index is -0.345. The number of esters is 1. The summed E-state index contributed by atoms with van der Waals surface area (Å²) in [7, 11) is 3.43. The van der Waals surface area contributed by atoms with Crippen LogP contribution in [-0.2, 0) is 9.53 Å². The Morgan fingerprint density at radius 2 is 2.17 bits per heavy atom. The third-order valence-electron chi connectivity index (χ3n) is 5.33. The molecule has 2 aliphatic heterocycles. The smallest absolute Gasteiger partial charge is 0.310 e. The maximum absolute atomic E-state index is 12.4. The molecule has 0 unspecified atom stereocenters. The molecule has 3 rings (SSSR count). The van der Waals surface area contributed by atoms with Crippen LogP contribution in [0.3, 0.4) is 0 Å². The molecule has 2 heterocycles. The monoisotopic (exact) mass is 430 g/mol. The SMILES string of the molecule is COC(=O)[C@H]1[C@@H](c2ccc(I)cc2[N+](=O)[O-])C[C@@H]2CC[C@H]1N2C. The zero-order chi connectivity index (χ0) is 16.7. The van der Waals surface area contributed by atoms with Crippen molar-refractivity contribution in [3.63, 3.8) is 0 Å².